The van der Waals surface area contributed by atoms with Gasteiger partial charge in [0, 0.05) is 6.42 Å². The lowest BCUT2D eigenvalue weighted by molar-refractivity contribution is -0.142. The molecule has 1 aromatic carbocycles. The number of phenols is 1. The summed E-state index contributed by atoms with van der Waals surface area (Å²) >= 11 is 0. The van der Waals surface area contributed by atoms with E-state index >= 15 is 0 Å². The molecule has 0 aliphatic rings. The number of aliphatic carboxylic acids is 1. The van der Waals surface area contributed by atoms with E-state index in [4.69, 9.17) is 11.5 Å². The second kappa shape index (κ2) is 13.1. The van der Waals surface area contributed by atoms with Crippen molar-refractivity contribution in [3.63, 3.8) is 0 Å². The molecular weight excluding hydrogens is 446 g/mol. The van der Waals surface area contributed by atoms with E-state index in [2.05, 4.69) is 16.0 Å². The summed E-state index contributed by atoms with van der Waals surface area (Å²) in [7, 11) is 0. The number of nitrogens with two attached hydrogens (primary N) is 2. The molecule has 0 aliphatic heterocycles. The number of carboxylic acid groups (broad SMARTS) is 1. The van der Waals surface area contributed by atoms with Crippen LogP contribution in [0.4, 0.5) is 0 Å². The van der Waals surface area contributed by atoms with Crippen molar-refractivity contribution in [3.05, 3.63) is 29.8 Å². The van der Waals surface area contributed by atoms with E-state index in [9.17, 15) is 34.2 Å². The standard InChI is InChI=1S/C22H33N5O7/c1-11(2)8-17(22(33)34)27-19(30)12(3)25-21(32)16(9-13-4-6-14(28)7-5-13)26-20(31)15(23)10-18(24)29/h4-7,11-12,15-17,28H,8-10,23H2,1-3H3,(H2,24,29)(H,25,32)(H,26,31)(H,27,30)(H,33,34). The van der Waals surface area contributed by atoms with E-state index in [-0.39, 0.29) is 24.5 Å². The normalized spacial score (nSPS) is 14.4. The number of carbonyl (C=O) groups is 5. The topological polar surface area (TPSA) is 214 Å². The first-order chi connectivity index (χ1) is 15.8. The van der Waals surface area contributed by atoms with E-state index in [0.717, 1.165) is 0 Å². The second-order valence-electron chi connectivity index (χ2n) is 8.47. The molecule has 0 aromatic heterocycles. The van der Waals surface area contributed by atoms with Crippen molar-refractivity contribution >= 4 is 29.6 Å². The Labute approximate surface area is 197 Å². The maximum absolute atomic E-state index is 12.9. The number of aromatic hydroxyl groups is 1. The number of hydrogen-bond acceptors (Lipinski definition) is 7. The summed E-state index contributed by atoms with van der Waals surface area (Å²) in [5, 5.41) is 26.0. The van der Waals surface area contributed by atoms with Crippen LogP contribution in [0.15, 0.2) is 24.3 Å². The first-order valence-corrected chi connectivity index (χ1v) is 10.8. The average molecular weight is 480 g/mol. The first kappa shape index (κ1) is 28.4. The third-order valence-corrected chi connectivity index (χ3v) is 4.84. The minimum absolute atomic E-state index is 0.0111. The summed E-state index contributed by atoms with van der Waals surface area (Å²) in [4.78, 5) is 60.2. The maximum atomic E-state index is 12.9. The molecule has 0 aliphatic carbocycles. The van der Waals surface area contributed by atoms with Crippen LogP contribution in [0.1, 0.15) is 39.2 Å². The van der Waals surface area contributed by atoms with Crippen molar-refractivity contribution in [2.45, 2.75) is 64.2 Å². The lowest BCUT2D eigenvalue weighted by Crippen LogP contribution is -2.57. The van der Waals surface area contributed by atoms with Crippen LogP contribution in [0.5, 0.6) is 5.75 Å². The molecule has 0 saturated heterocycles. The van der Waals surface area contributed by atoms with Crippen molar-refractivity contribution in [2.75, 3.05) is 0 Å². The predicted octanol–water partition coefficient (Wildman–Crippen LogP) is -1.26. The van der Waals surface area contributed by atoms with E-state index in [0.29, 0.717) is 5.56 Å². The molecule has 0 radical (unpaired) electrons. The Balaban J connectivity index is 2.94. The Hall–Kier alpha value is -3.67. The van der Waals surface area contributed by atoms with Gasteiger partial charge in [0.25, 0.3) is 0 Å². The van der Waals surface area contributed by atoms with Gasteiger partial charge in [-0.05, 0) is 37.0 Å². The van der Waals surface area contributed by atoms with Gasteiger partial charge in [-0.25, -0.2) is 4.79 Å². The Morgan fingerprint density at radius 3 is 1.94 bits per heavy atom. The monoisotopic (exact) mass is 479 g/mol. The molecule has 0 fully saturated rings. The number of rotatable bonds is 13. The smallest absolute Gasteiger partial charge is 0.326 e. The van der Waals surface area contributed by atoms with Crippen LogP contribution in [-0.4, -0.2) is 64.0 Å². The SMILES string of the molecule is CC(C)CC(NC(=O)C(C)NC(=O)C(Cc1ccc(O)cc1)NC(=O)C(N)CC(N)=O)C(=O)O. The number of carbonyl (C=O) groups excluding carboxylic acids is 4. The van der Waals surface area contributed by atoms with Crippen LogP contribution < -0.4 is 27.4 Å². The van der Waals surface area contributed by atoms with Crippen LogP contribution in [0.25, 0.3) is 0 Å². The lowest BCUT2D eigenvalue weighted by Gasteiger charge is -2.24. The number of nitrogens with one attached hydrogen (secondary N) is 3. The summed E-state index contributed by atoms with van der Waals surface area (Å²) in [6, 6.07) is 1.21. The van der Waals surface area contributed by atoms with Crippen molar-refractivity contribution in [2.24, 2.45) is 17.4 Å². The van der Waals surface area contributed by atoms with Gasteiger partial charge in [-0.3, -0.25) is 19.2 Å². The summed E-state index contributed by atoms with van der Waals surface area (Å²) in [5.74, 6) is -4.19. The first-order valence-electron chi connectivity index (χ1n) is 10.8. The molecule has 188 valence electrons. The number of amides is 4. The minimum Gasteiger partial charge on any atom is -0.508 e. The zero-order valence-electron chi connectivity index (χ0n) is 19.4. The number of phenolic OH excluding ortho intramolecular Hbond substituents is 1. The molecule has 9 N–H and O–H groups in total. The highest BCUT2D eigenvalue weighted by Crippen LogP contribution is 2.12. The number of benzene rings is 1. The molecule has 12 nitrogen and oxygen atoms in total. The zero-order chi connectivity index (χ0) is 26.0. The molecule has 4 unspecified atom stereocenters. The van der Waals surface area contributed by atoms with Crippen molar-refractivity contribution < 1.29 is 34.2 Å². The van der Waals surface area contributed by atoms with E-state index < -0.39 is 60.2 Å². The van der Waals surface area contributed by atoms with Crippen LogP contribution in [0, 0.1) is 5.92 Å². The van der Waals surface area contributed by atoms with Gasteiger partial charge in [-0.1, -0.05) is 26.0 Å². The molecule has 34 heavy (non-hydrogen) atoms. The van der Waals surface area contributed by atoms with Gasteiger partial charge in [-0.2, -0.15) is 0 Å². The van der Waals surface area contributed by atoms with Gasteiger partial charge in [0.05, 0.1) is 12.5 Å². The van der Waals surface area contributed by atoms with Gasteiger partial charge >= 0.3 is 5.97 Å². The number of carboxylic acids is 1. The van der Waals surface area contributed by atoms with Gasteiger partial charge < -0.3 is 37.6 Å². The Bertz CT molecular complexity index is 888. The predicted molar refractivity (Wildman–Crippen MR) is 122 cm³/mol. The summed E-state index contributed by atoms with van der Waals surface area (Å²) in [6.45, 7) is 5.00. The Morgan fingerprint density at radius 2 is 1.44 bits per heavy atom. The average Bonchev–Trinajstić information content (AvgIpc) is 2.73. The molecule has 4 amide bonds. The quantitative estimate of drug-likeness (QED) is 0.181. The Morgan fingerprint density at radius 1 is 0.882 bits per heavy atom. The molecule has 12 heteroatoms. The summed E-state index contributed by atoms with van der Waals surface area (Å²) in [5.41, 5.74) is 11.3. The van der Waals surface area contributed by atoms with Gasteiger partial charge in [0.15, 0.2) is 0 Å². The highest BCUT2D eigenvalue weighted by Gasteiger charge is 2.29. The van der Waals surface area contributed by atoms with Crippen LogP contribution in [-0.2, 0) is 30.4 Å². The van der Waals surface area contributed by atoms with Crippen molar-refractivity contribution in [1.82, 2.24) is 16.0 Å². The number of primary amides is 1. The number of hydrogen-bond donors (Lipinski definition) is 7. The molecule has 0 heterocycles. The van der Waals surface area contributed by atoms with Crippen molar-refractivity contribution in [3.8, 4) is 5.75 Å². The molecule has 1 aromatic rings. The fourth-order valence-corrected chi connectivity index (χ4v) is 3.03. The highest BCUT2D eigenvalue weighted by atomic mass is 16.4. The lowest BCUT2D eigenvalue weighted by atomic mass is 10.0. The Kier molecular flexibility index (Phi) is 11.0. The van der Waals surface area contributed by atoms with Gasteiger partial charge in [0.1, 0.15) is 23.9 Å². The fourth-order valence-electron chi connectivity index (χ4n) is 3.03. The molecule has 0 bridgehead atoms. The second-order valence-corrected chi connectivity index (χ2v) is 8.47. The molecular formula is C22H33N5O7. The highest BCUT2D eigenvalue weighted by molar-refractivity contribution is 5.95. The zero-order valence-corrected chi connectivity index (χ0v) is 19.4. The largest absolute Gasteiger partial charge is 0.508 e. The van der Waals surface area contributed by atoms with Gasteiger partial charge in [0.2, 0.25) is 23.6 Å². The van der Waals surface area contributed by atoms with E-state index in [1.807, 2.05) is 13.8 Å². The maximum Gasteiger partial charge on any atom is 0.326 e. The van der Waals surface area contributed by atoms with Gasteiger partial charge in [-0.15, -0.1) is 0 Å². The fraction of sp³-hybridized carbons (Fsp3) is 0.500. The van der Waals surface area contributed by atoms with Crippen LogP contribution in [0.3, 0.4) is 0 Å². The van der Waals surface area contributed by atoms with E-state index in [1.165, 1.54) is 19.1 Å². The summed E-state index contributed by atoms with van der Waals surface area (Å²) in [6.07, 6.45) is -0.232. The van der Waals surface area contributed by atoms with Crippen LogP contribution in [0.2, 0.25) is 0 Å². The molecule has 1 rings (SSSR count). The molecule has 0 spiro atoms. The molecule has 0 saturated carbocycles. The third-order valence-electron chi connectivity index (χ3n) is 4.84. The van der Waals surface area contributed by atoms with Crippen LogP contribution >= 0.6 is 0 Å². The summed E-state index contributed by atoms with van der Waals surface area (Å²) < 4.78 is 0. The van der Waals surface area contributed by atoms with E-state index in [1.54, 1.807) is 12.1 Å². The minimum atomic E-state index is -1.28. The van der Waals surface area contributed by atoms with Crippen molar-refractivity contribution in [1.29, 1.82) is 0 Å². The third kappa shape index (κ3) is 9.86. The molecule has 4 atom stereocenters.